The third-order valence-corrected chi connectivity index (χ3v) is 1.82. The van der Waals surface area contributed by atoms with Crippen LogP contribution in [0.25, 0.3) is 0 Å². The minimum atomic E-state index is -0.528. The normalized spacial score (nSPS) is 10.1. The van der Waals surface area contributed by atoms with E-state index in [1.165, 1.54) is 6.07 Å². The zero-order chi connectivity index (χ0) is 9.97. The predicted molar refractivity (Wildman–Crippen MR) is 48.9 cm³/mol. The lowest BCUT2D eigenvalue weighted by molar-refractivity contribution is 0.457. The molecule has 2 aromatic rings. The molecule has 1 aromatic heterocycles. The van der Waals surface area contributed by atoms with Gasteiger partial charge in [0.25, 0.3) is 0 Å². The quantitative estimate of drug-likeness (QED) is 0.830. The second kappa shape index (κ2) is 3.67. The maximum atomic E-state index is 12.8. The Morgan fingerprint density at radius 1 is 1.57 bits per heavy atom. The second-order valence-corrected chi connectivity index (χ2v) is 2.91. The molecule has 0 saturated carbocycles. The zero-order valence-corrected chi connectivity index (χ0v) is 7.68. The lowest BCUT2D eigenvalue weighted by Gasteiger charge is -2.03. The molecule has 0 fully saturated rings. The van der Waals surface area contributed by atoms with Crippen molar-refractivity contribution < 1.29 is 9.13 Å². The number of rotatable bonds is 2. The minimum absolute atomic E-state index is 0.218. The van der Waals surface area contributed by atoms with E-state index < -0.39 is 5.82 Å². The number of hydrogen-bond donors (Lipinski definition) is 1. The summed E-state index contributed by atoms with van der Waals surface area (Å²) in [6.07, 6.45) is 1.59. The fraction of sp³-hybridized carbons (Fsp3) is 0. The Kier molecular flexibility index (Phi) is 2.37. The molecule has 0 spiro atoms. The Labute approximate surface area is 84.5 Å². The lowest BCUT2D eigenvalue weighted by atomic mass is 10.3. The van der Waals surface area contributed by atoms with Crippen molar-refractivity contribution in [2.45, 2.75) is 0 Å². The Morgan fingerprint density at radius 3 is 3.14 bits per heavy atom. The van der Waals surface area contributed by atoms with Gasteiger partial charge in [-0.3, -0.25) is 5.10 Å². The molecule has 1 N–H and O–H groups in total. The molecule has 5 heteroatoms. The highest BCUT2D eigenvalue weighted by Gasteiger charge is 2.05. The van der Waals surface area contributed by atoms with E-state index in [1.54, 1.807) is 12.3 Å². The van der Waals surface area contributed by atoms with Crippen molar-refractivity contribution in [1.29, 1.82) is 0 Å². The number of aromatic amines is 1. The van der Waals surface area contributed by atoms with Crippen LogP contribution in [-0.4, -0.2) is 10.2 Å². The molecule has 14 heavy (non-hydrogen) atoms. The molecule has 3 nitrogen and oxygen atoms in total. The predicted octanol–water partition coefficient (Wildman–Crippen LogP) is 2.79. The summed E-state index contributed by atoms with van der Waals surface area (Å²) in [7, 11) is 0. The molecule has 1 heterocycles. The van der Waals surface area contributed by atoms with E-state index >= 15 is 0 Å². The molecule has 0 aliphatic carbocycles. The van der Waals surface area contributed by atoms with Crippen LogP contribution in [0.2, 0.25) is 5.02 Å². The van der Waals surface area contributed by atoms with E-state index in [9.17, 15) is 4.39 Å². The molecule has 1 aromatic carbocycles. The summed E-state index contributed by atoms with van der Waals surface area (Å²) in [5.74, 6) is 0.0208. The van der Waals surface area contributed by atoms with Crippen molar-refractivity contribution in [3.8, 4) is 11.6 Å². The van der Waals surface area contributed by atoms with Crippen LogP contribution >= 0.6 is 11.6 Å². The van der Waals surface area contributed by atoms with Gasteiger partial charge in [-0.15, -0.1) is 5.10 Å². The van der Waals surface area contributed by atoms with Gasteiger partial charge in [0.15, 0.2) is 5.75 Å². The highest BCUT2D eigenvalue weighted by atomic mass is 35.5. The number of nitrogens with zero attached hydrogens (tertiary/aromatic N) is 1. The summed E-state index contributed by atoms with van der Waals surface area (Å²) in [4.78, 5) is 0. The van der Waals surface area contributed by atoms with Gasteiger partial charge in [-0.25, -0.2) is 4.39 Å². The average molecular weight is 212 g/mol. The molecule has 71 valence electrons. The van der Waals surface area contributed by atoms with E-state index in [-0.39, 0.29) is 10.8 Å². The topological polar surface area (TPSA) is 37.9 Å². The first-order chi connectivity index (χ1) is 6.75. The molecule has 0 saturated heterocycles. The Morgan fingerprint density at radius 2 is 2.43 bits per heavy atom. The van der Waals surface area contributed by atoms with E-state index in [4.69, 9.17) is 16.3 Å². The molecule has 0 aliphatic rings. The number of halogens is 2. The van der Waals surface area contributed by atoms with Gasteiger partial charge in [0, 0.05) is 24.4 Å². The third kappa shape index (κ3) is 1.85. The molecule has 1 radical (unpaired) electrons. The van der Waals surface area contributed by atoms with Crippen LogP contribution in [0.3, 0.4) is 0 Å². The van der Waals surface area contributed by atoms with Crippen molar-refractivity contribution in [2.24, 2.45) is 0 Å². The van der Waals surface area contributed by atoms with Crippen LogP contribution < -0.4 is 4.74 Å². The van der Waals surface area contributed by atoms with Crippen LogP contribution in [0, 0.1) is 11.9 Å². The largest absolute Gasteiger partial charge is 0.436 e. The minimum Gasteiger partial charge on any atom is -0.436 e. The third-order valence-electron chi connectivity index (χ3n) is 1.52. The van der Waals surface area contributed by atoms with Crippen molar-refractivity contribution in [1.82, 2.24) is 10.2 Å². The number of aromatic nitrogens is 2. The van der Waals surface area contributed by atoms with Gasteiger partial charge >= 0.3 is 0 Å². The maximum Gasteiger partial charge on any atom is 0.238 e. The van der Waals surface area contributed by atoms with E-state index in [2.05, 4.69) is 16.3 Å². The standard InChI is InChI=1S/C9H5ClFN2O/c10-7-2-1-6(11)5-8(7)14-9-3-4-12-13-9/h2-5H,(H,12,13). The van der Waals surface area contributed by atoms with Gasteiger partial charge in [-0.1, -0.05) is 11.6 Å². The number of hydrogen-bond acceptors (Lipinski definition) is 2. The summed E-state index contributed by atoms with van der Waals surface area (Å²) in [5.41, 5.74) is 0. The van der Waals surface area contributed by atoms with Crippen molar-refractivity contribution in [3.05, 3.63) is 41.3 Å². The number of nitrogens with one attached hydrogen (secondary N) is 1. The fourth-order valence-electron chi connectivity index (χ4n) is 0.924. The summed E-state index contributed by atoms with van der Waals surface area (Å²) in [5, 5.41) is 6.59. The number of H-pyrrole nitrogens is 1. The van der Waals surface area contributed by atoms with Crippen LogP contribution in [0.1, 0.15) is 0 Å². The Bertz CT molecular complexity index is 430. The summed E-state index contributed by atoms with van der Waals surface area (Å²) in [6.45, 7) is 0. The maximum absolute atomic E-state index is 12.8. The molecule has 0 aliphatic heterocycles. The van der Waals surface area contributed by atoms with Gasteiger partial charge in [0.2, 0.25) is 5.88 Å². The molecule has 0 atom stereocenters. The number of ether oxygens (including phenoxy) is 1. The first kappa shape index (κ1) is 9.02. The Hall–Kier alpha value is -1.55. The Balaban J connectivity index is 2.28. The van der Waals surface area contributed by atoms with Gasteiger partial charge in [-0.2, -0.15) is 0 Å². The van der Waals surface area contributed by atoms with E-state index in [0.717, 1.165) is 6.07 Å². The smallest absolute Gasteiger partial charge is 0.238 e. The van der Waals surface area contributed by atoms with Gasteiger partial charge in [0.05, 0.1) is 5.02 Å². The summed E-state index contributed by atoms with van der Waals surface area (Å²) >= 11 is 5.75. The van der Waals surface area contributed by atoms with E-state index in [1.807, 2.05) is 0 Å². The zero-order valence-electron chi connectivity index (χ0n) is 6.92. The van der Waals surface area contributed by atoms with Crippen LogP contribution in [0.4, 0.5) is 4.39 Å². The summed E-state index contributed by atoms with van der Waals surface area (Å²) < 4.78 is 17.9. The second-order valence-electron chi connectivity index (χ2n) is 2.51. The average Bonchev–Trinajstić information content (AvgIpc) is 2.64. The first-order valence-corrected chi connectivity index (χ1v) is 4.18. The van der Waals surface area contributed by atoms with E-state index in [0.29, 0.717) is 5.88 Å². The number of benzene rings is 1. The molecular formula is C9H5ClFN2O. The first-order valence-electron chi connectivity index (χ1n) is 3.80. The lowest BCUT2D eigenvalue weighted by Crippen LogP contribution is -1.86. The highest BCUT2D eigenvalue weighted by Crippen LogP contribution is 2.28. The molecule has 0 unspecified atom stereocenters. The molecule has 0 amide bonds. The SMILES string of the molecule is Fc1[c]cc(Cl)c(Oc2cc[nH]n2)c1. The van der Waals surface area contributed by atoms with Gasteiger partial charge in [0.1, 0.15) is 5.82 Å². The van der Waals surface area contributed by atoms with Crippen LogP contribution in [0.15, 0.2) is 24.4 Å². The highest BCUT2D eigenvalue weighted by molar-refractivity contribution is 6.32. The van der Waals surface area contributed by atoms with Crippen molar-refractivity contribution in [2.75, 3.05) is 0 Å². The summed E-state index contributed by atoms with van der Waals surface area (Å²) in [6, 6.07) is 6.37. The molecule has 2 rings (SSSR count). The van der Waals surface area contributed by atoms with Crippen LogP contribution in [-0.2, 0) is 0 Å². The molecule has 0 bridgehead atoms. The monoisotopic (exact) mass is 211 g/mol. The van der Waals surface area contributed by atoms with Crippen LogP contribution in [0.5, 0.6) is 11.6 Å². The molecular weight excluding hydrogens is 207 g/mol. The van der Waals surface area contributed by atoms with Gasteiger partial charge < -0.3 is 4.74 Å². The fourth-order valence-corrected chi connectivity index (χ4v) is 1.07. The van der Waals surface area contributed by atoms with Crippen molar-refractivity contribution in [3.63, 3.8) is 0 Å². The van der Waals surface area contributed by atoms with Gasteiger partial charge in [-0.05, 0) is 6.07 Å². The van der Waals surface area contributed by atoms with Crippen molar-refractivity contribution >= 4 is 11.6 Å².